The van der Waals surface area contributed by atoms with Gasteiger partial charge in [0.05, 0.1) is 7.11 Å². The number of hydrogen-bond acceptors (Lipinski definition) is 3. The third-order valence-corrected chi connectivity index (χ3v) is 2.37. The third kappa shape index (κ3) is 2.71. The van der Waals surface area contributed by atoms with Gasteiger partial charge in [-0.3, -0.25) is 0 Å². The van der Waals surface area contributed by atoms with Gasteiger partial charge in [-0.1, -0.05) is 18.2 Å². The zero-order valence-corrected chi connectivity index (χ0v) is 9.57. The van der Waals surface area contributed by atoms with Crippen LogP contribution in [-0.4, -0.2) is 13.1 Å². The summed E-state index contributed by atoms with van der Waals surface area (Å²) < 4.78 is 4.50. The number of carbonyl (C=O) groups is 1. The van der Waals surface area contributed by atoms with Crippen molar-refractivity contribution in [3.05, 3.63) is 40.5 Å². The van der Waals surface area contributed by atoms with Crippen molar-refractivity contribution in [1.82, 2.24) is 0 Å². The van der Waals surface area contributed by atoms with Crippen molar-refractivity contribution in [2.75, 3.05) is 7.11 Å². The van der Waals surface area contributed by atoms with Crippen LogP contribution in [0.5, 0.6) is 0 Å². The van der Waals surface area contributed by atoms with Gasteiger partial charge in [0.2, 0.25) is 0 Å². The molecule has 0 bridgehead atoms. The van der Waals surface area contributed by atoms with E-state index in [1.54, 1.807) is 0 Å². The lowest BCUT2D eigenvalue weighted by atomic mass is 10.0. The predicted molar refractivity (Wildman–Crippen MR) is 61.5 cm³/mol. The number of rotatable bonds is 2. The average Bonchev–Trinajstić information content (AvgIpc) is 2.29. The molecule has 1 aromatic carbocycles. The van der Waals surface area contributed by atoms with E-state index in [4.69, 9.17) is 5.26 Å². The molecule has 0 aliphatic rings. The zero-order valence-electron chi connectivity index (χ0n) is 9.57. The smallest absolute Gasteiger partial charge is 0.348 e. The number of ether oxygens (including phenoxy) is 1. The van der Waals surface area contributed by atoms with Crippen molar-refractivity contribution in [3.63, 3.8) is 0 Å². The first-order valence-electron chi connectivity index (χ1n) is 4.86. The van der Waals surface area contributed by atoms with Crippen LogP contribution in [0.1, 0.15) is 16.7 Å². The van der Waals surface area contributed by atoms with Crippen LogP contribution < -0.4 is 0 Å². The van der Waals surface area contributed by atoms with Crippen LogP contribution in [0.2, 0.25) is 0 Å². The van der Waals surface area contributed by atoms with Crippen LogP contribution in [0.4, 0.5) is 0 Å². The van der Waals surface area contributed by atoms with Crippen molar-refractivity contribution < 1.29 is 9.53 Å². The summed E-state index contributed by atoms with van der Waals surface area (Å²) >= 11 is 0. The normalized spacial score (nSPS) is 10.8. The van der Waals surface area contributed by atoms with Crippen molar-refractivity contribution in [3.8, 4) is 6.07 Å². The van der Waals surface area contributed by atoms with Gasteiger partial charge in [0.1, 0.15) is 11.6 Å². The highest BCUT2D eigenvalue weighted by Crippen LogP contribution is 2.13. The largest absolute Gasteiger partial charge is 0.465 e. The van der Waals surface area contributed by atoms with Crippen LogP contribution in [0.3, 0.4) is 0 Å². The first-order valence-corrected chi connectivity index (χ1v) is 4.86. The maximum absolute atomic E-state index is 11.2. The van der Waals surface area contributed by atoms with Gasteiger partial charge in [0.15, 0.2) is 0 Å². The summed E-state index contributed by atoms with van der Waals surface area (Å²) in [6.45, 7) is 3.99. The quantitative estimate of drug-likeness (QED) is 0.432. The lowest BCUT2D eigenvalue weighted by Gasteiger charge is -2.01. The molecule has 0 N–H and O–H groups in total. The summed E-state index contributed by atoms with van der Waals surface area (Å²) in [6.07, 6.45) is 1.53. The maximum atomic E-state index is 11.2. The molecule has 1 aromatic rings. The molecule has 82 valence electrons. The molecule has 0 spiro atoms. The van der Waals surface area contributed by atoms with E-state index >= 15 is 0 Å². The van der Waals surface area contributed by atoms with Crippen molar-refractivity contribution in [2.45, 2.75) is 13.8 Å². The Morgan fingerprint density at radius 3 is 2.56 bits per heavy atom. The maximum Gasteiger partial charge on any atom is 0.348 e. The summed E-state index contributed by atoms with van der Waals surface area (Å²) in [6, 6.07) is 7.56. The molecule has 16 heavy (non-hydrogen) atoms. The number of carbonyl (C=O) groups excluding carboxylic acids is 1. The van der Waals surface area contributed by atoms with Gasteiger partial charge in [0, 0.05) is 0 Å². The van der Waals surface area contributed by atoms with Crippen molar-refractivity contribution in [2.24, 2.45) is 0 Å². The Morgan fingerprint density at radius 1 is 1.38 bits per heavy atom. The monoisotopic (exact) mass is 215 g/mol. The Bertz CT molecular complexity index is 481. The van der Waals surface area contributed by atoms with Crippen LogP contribution >= 0.6 is 0 Å². The highest BCUT2D eigenvalue weighted by molar-refractivity contribution is 5.97. The summed E-state index contributed by atoms with van der Waals surface area (Å²) in [5.74, 6) is -0.610. The van der Waals surface area contributed by atoms with E-state index < -0.39 is 5.97 Å². The van der Waals surface area contributed by atoms with E-state index in [9.17, 15) is 4.79 Å². The number of esters is 1. The van der Waals surface area contributed by atoms with Crippen molar-refractivity contribution >= 4 is 12.0 Å². The summed E-state index contributed by atoms with van der Waals surface area (Å²) in [7, 11) is 1.26. The van der Waals surface area contributed by atoms with Gasteiger partial charge in [-0.25, -0.2) is 4.79 Å². The molecule has 3 nitrogen and oxygen atoms in total. The van der Waals surface area contributed by atoms with Gasteiger partial charge < -0.3 is 4.74 Å². The molecule has 0 aromatic heterocycles. The topological polar surface area (TPSA) is 50.1 Å². The Morgan fingerprint density at radius 2 is 2.06 bits per heavy atom. The second-order valence-corrected chi connectivity index (χ2v) is 3.51. The van der Waals surface area contributed by atoms with Gasteiger partial charge >= 0.3 is 5.97 Å². The first kappa shape index (κ1) is 12.0. The second-order valence-electron chi connectivity index (χ2n) is 3.51. The minimum Gasteiger partial charge on any atom is -0.465 e. The SMILES string of the molecule is COC(=O)/C(C#N)=C/c1ccc(C)c(C)c1. The molecule has 0 heterocycles. The molecule has 0 aliphatic heterocycles. The standard InChI is InChI=1S/C13H13NO2/c1-9-4-5-11(6-10(9)2)7-12(8-14)13(15)16-3/h4-7H,1-3H3/b12-7+. The van der Waals surface area contributed by atoms with E-state index in [1.807, 2.05) is 38.1 Å². The third-order valence-electron chi connectivity index (χ3n) is 2.37. The fourth-order valence-electron chi connectivity index (χ4n) is 1.27. The average molecular weight is 215 g/mol. The van der Waals surface area contributed by atoms with Crippen LogP contribution in [-0.2, 0) is 9.53 Å². The van der Waals surface area contributed by atoms with E-state index in [-0.39, 0.29) is 5.57 Å². The fraction of sp³-hybridized carbons (Fsp3) is 0.231. The molecule has 0 fully saturated rings. The van der Waals surface area contributed by atoms with Crippen LogP contribution in [0, 0.1) is 25.2 Å². The Kier molecular flexibility index (Phi) is 3.84. The van der Waals surface area contributed by atoms with Gasteiger partial charge in [-0.2, -0.15) is 5.26 Å². The molecule has 0 saturated heterocycles. The molecule has 0 amide bonds. The van der Waals surface area contributed by atoms with E-state index in [1.165, 1.54) is 18.7 Å². The fourth-order valence-corrected chi connectivity index (χ4v) is 1.27. The molecule has 0 saturated carbocycles. The van der Waals surface area contributed by atoms with Gasteiger partial charge in [0.25, 0.3) is 0 Å². The minimum absolute atomic E-state index is 0.00533. The molecule has 0 aliphatic carbocycles. The summed E-state index contributed by atoms with van der Waals surface area (Å²) in [5, 5.41) is 8.79. The zero-order chi connectivity index (χ0) is 12.1. The molecule has 0 atom stereocenters. The summed E-state index contributed by atoms with van der Waals surface area (Å²) in [5.41, 5.74) is 3.13. The van der Waals surface area contributed by atoms with E-state index in [0.29, 0.717) is 0 Å². The molecule has 0 unspecified atom stereocenters. The number of benzene rings is 1. The summed E-state index contributed by atoms with van der Waals surface area (Å²) in [4.78, 5) is 11.2. The molecule has 1 rings (SSSR count). The minimum atomic E-state index is -0.610. The molecule has 0 radical (unpaired) electrons. The van der Waals surface area contributed by atoms with Crippen LogP contribution in [0.25, 0.3) is 6.08 Å². The first-order chi connectivity index (χ1) is 7.58. The van der Waals surface area contributed by atoms with Gasteiger partial charge in [-0.15, -0.1) is 0 Å². The Hall–Kier alpha value is -2.08. The lowest BCUT2D eigenvalue weighted by Crippen LogP contribution is -2.02. The Balaban J connectivity index is 3.10. The highest BCUT2D eigenvalue weighted by Gasteiger charge is 2.08. The lowest BCUT2D eigenvalue weighted by molar-refractivity contribution is -0.135. The van der Waals surface area contributed by atoms with E-state index in [2.05, 4.69) is 4.74 Å². The second kappa shape index (κ2) is 5.13. The molecule has 3 heteroatoms. The van der Waals surface area contributed by atoms with Crippen LogP contribution in [0.15, 0.2) is 23.8 Å². The number of hydrogen-bond donors (Lipinski definition) is 0. The molecular weight excluding hydrogens is 202 g/mol. The van der Waals surface area contributed by atoms with Gasteiger partial charge in [-0.05, 0) is 36.6 Å². The van der Waals surface area contributed by atoms with Crippen molar-refractivity contribution in [1.29, 1.82) is 5.26 Å². The Labute approximate surface area is 95.0 Å². The molecular formula is C13H13NO2. The number of nitrogens with zero attached hydrogens (tertiary/aromatic N) is 1. The number of aryl methyl sites for hydroxylation is 2. The number of nitriles is 1. The highest BCUT2D eigenvalue weighted by atomic mass is 16.5. The number of methoxy groups -OCH3 is 1. The van der Waals surface area contributed by atoms with E-state index in [0.717, 1.165) is 11.1 Å². The predicted octanol–water partition coefficient (Wildman–Crippen LogP) is 2.38.